The molecule has 0 unspecified atom stereocenters. The molecule has 0 aliphatic rings. The van der Waals surface area contributed by atoms with Crippen molar-refractivity contribution in [1.29, 1.82) is 0 Å². The molecular formula is C21H24O3. The molecule has 1 N–H and O–H groups in total. The summed E-state index contributed by atoms with van der Waals surface area (Å²) in [6, 6.07) is 14.2. The maximum Gasteiger partial charge on any atom is 0.303 e. The Kier molecular flexibility index (Phi) is 6.62. The van der Waals surface area contributed by atoms with E-state index in [1.165, 1.54) is 16.7 Å². The zero-order valence-electron chi connectivity index (χ0n) is 14.3. The van der Waals surface area contributed by atoms with E-state index in [1.807, 2.05) is 36.4 Å². The Morgan fingerprint density at radius 1 is 1.12 bits per heavy atom. The van der Waals surface area contributed by atoms with Gasteiger partial charge < -0.3 is 9.84 Å². The Bertz CT molecular complexity index is 697. The number of ether oxygens (including phenoxy) is 1. The van der Waals surface area contributed by atoms with Gasteiger partial charge in [0.25, 0.3) is 0 Å². The molecular weight excluding hydrogens is 300 g/mol. The molecule has 0 atom stereocenters. The standard InChI is InChI=1S/C21H24O3/c1-16-8-6-9-17(2)20(16)15-24-19-12-7-11-18(14-19)10-4-3-5-13-21(22)23/h4,6-12,14H,3,5,13,15H2,1-2H3,(H,22,23). The minimum atomic E-state index is -0.745. The number of hydrogen-bond donors (Lipinski definition) is 1. The van der Waals surface area contributed by atoms with Crippen molar-refractivity contribution in [1.82, 2.24) is 0 Å². The number of rotatable bonds is 8. The van der Waals surface area contributed by atoms with Crippen LogP contribution in [0.1, 0.15) is 41.5 Å². The smallest absolute Gasteiger partial charge is 0.303 e. The molecule has 3 nitrogen and oxygen atoms in total. The second-order valence-electron chi connectivity index (χ2n) is 5.92. The molecule has 2 aromatic carbocycles. The Balaban J connectivity index is 1.93. The predicted molar refractivity (Wildman–Crippen MR) is 97.2 cm³/mol. The Morgan fingerprint density at radius 3 is 2.54 bits per heavy atom. The van der Waals surface area contributed by atoms with E-state index in [4.69, 9.17) is 9.84 Å². The lowest BCUT2D eigenvalue weighted by Crippen LogP contribution is -2.00. The average Bonchev–Trinajstić information content (AvgIpc) is 2.54. The summed E-state index contributed by atoms with van der Waals surface area (Å²) in [5.41, 5.74) is 4.77. The molecule has 0 saturated heterocycles. The van der Waals surface area contributed by atoms with E-state index in [1.54, 1.807) is 0 Å². The first-order valence-corrected chi connectivity index (χ1v) is 8.22. The van der Waals surface area contributed by atoms with Gasteiger partial charge in [-0.05, 0) is 61.1 Å². The first-order valence-electron chi connectivity index (χ1n) is 8.22. The lowest BCUT2D eigenvalue weighted by molar-refractivity contribution is -0.137. The van der Waals surface area contributed by atoms with Crippen LogP contribution in [0.5, 0.6) is 5.75 Å². The second-order valence-corrected chi connectivity index (χ2v) is 5.92. The number of aryl methyl sites for hydroxylation is 2. The Labute approximate surface area is 143 Å². The number of unbranched alkanes of at least 4 members (excludes halogenated alkanes) is 1. The Hall–Kier alpha value is -2.55. The number of carbonyl (C=O) groups is 1. The van der Waals surface area contributed by atoms with Crippen molar-refractivity contribution in [2.75, 3.05) is 0 Å². The largest absolute Gasteiger partial charge is 0.489 e. The van der Waals surface area contributed by atoms with Gasteiger partial charge in [0, 0.05) is 6.42 Å². The minimum Gasteiger partial charge on any atom is -0.489 e. The van der Waals surface area contributed by atoms with E-state index in [0.717, 1.165) is 17.7 Å². The highest BCUT2D eigenvalue weighted by Gasteiger charge is 2.03. The molecule has 0 aliphatic carbocycles. The molecule has 0 amide bonds. The van der Waals surface area contributed by atoms with Crippen LogP contribution in [-0.4, -0.2) is 11.1 Å². The van der Waals surface area contributed by atoms with Crippen LogP contribution < -0.4 is 4.74 Å². The van der Waals surface area contributed by atoms with Crippen LogP contribution in [0, 0.1) is 13.8 Å². The highest BCUT2D eigenvalue weighted by molar-refractivity contribution is 5.66. The number of carboxylic acids is 1. The Morgan fingerprint density at radius 2 is 1.83 bits per heavy atom. The number of allylic oxidation sites excluding steroid dienone is 1. The molecule has 0 heterocycles. The zero-order chi connectivity index (χ0) is 17.4. The molecule has 0 saturated carbocycles. The van der Waals surface area contributed by atoms with Crippen LogP contribution in [0.4, 0.5) is 0 Å². The summed E-state index contributed by atoms with van der Waals surface area (Å²) in [6.07, 6.45) is 5.65. The molecule has 0 aromatic heterocycles. The van der Waals surface area contributed by atoms with Crippen molar-refractivity contribution in [3.8, 4) is 5.75 Å². The number of aliphatic carboxylic acids is 1. The molecule has 0 spiro atoms. The van der Waals surface area contributed by atoms with Gasteiger partial charge in [-0.15, -0.1) is 0 Å². The van der Waals surface area contributed by atoms with Crippen LogP contribution in [-0.2, 0) is 11.4 Å². The third-order valence-electron chi connectivity index (χ3n) is 3.96. The third-order valence-corrected chi connectivity index (χ3v) is 3.96. The van der Waals surface area contributed by atoms with Crippen molar-refractivity contribution in [3.05, 3.63) is 70.8 Å². The quantitative estimate of drug-likeness (QED) is 0.683. The average molecular weight is 324 g/mol. The highest BCUT2D eigenvalue weighted by Crippen LogP contribution is 2.19. The summed E-state index contributed by atoms with van der Waals surface area (Å²) < 4.78 is 5.94. The summed E-state index contributed by atoms with van der Waals surface area (Å²) in [7, 11) is 0. The molecule has 3 heteroatoms. The van der Waals surface area contributed by atoms with Crippen LogP contribution in [0.15, 0.2) is 48.5 Å². The van der Waals surface area contributed by atoms with Gasteiger partial charge in [-0.1, -0.05) is 42.5 Å². The van der Waals surface area contributed by atoms with Gasteiger partial charge in [0.2, 0.25) is 0 Å². The van der Waals surface area contributed by atoms with E-state index in [0.29, 0.717) is 13.0 Å². The molecule has 0 bridgehead atoms. The normalized spacial score (nSPS) is 10.9. The monoisotopic (exact) mass is 324 g/mol. The van der Waals surface area contributed by atoms with Gasteiger partial charge >= 0.3 is 5.97 Å². The third kappa shape index (κ3) is 5.58. The molecule has 2 rings (SSSR count). The van der Waals surface area contributed by atoms with Gasteiger partial charge in [0.15, 0.2) is 0 Å². The van der Waals surface area contributed by atoms with Gasteiger partial charge in [0.1, 0.15) is 12.4 Å². The van der Waals surface area contributed by atoms with Gasteiger partial charge in [-0.3, -0.25) is 4.79 Å². The van der Waals surface area contributed by atoms with Gasteiger partial charge in [-0.2, -0.15) is 0 Å². The fourth-order valence-electron chi connectivity index (χ4n) is 2.53. The minimum absolute atomic E-state index is 0.212. The highest BCUT2D eigenvalue weighted by atomic mass is 16.5. The molecule has 0 radical (unpaired) electrons. The molecule has 2 aromatic rings. The number of benzene rings is 2. The van der Waals surface area contributed by atoms with Crippen molar-refractivity contribution < 1.29 is 14.6 Å². The van der Waals surface area contributed by atoms with Crippen molar-refractivity contribution in [2.45, 2.75) is 39.7 Å². The first kappa shape index (κ1) is 17.8. The summed E-state index contributed by atoms with van der Waals surface area (Å²) in [6.45, 7) is 4.76. The van der Waals surface area contributed by atoms with E-state index < -0.39 is 5.97 Å². The fourth-order valence-corrected chi connectivity index (χ4v) is 2.53. The fraction of sp³-hybridized carbons (Fsp3) is 0.286. The van der Waals surface area contributed by atoms with Gasteiger partial charge in [-0.25, -0.2) is 0 Å². The van der Waals surface area contributed by atoms with Crippen LogP contribution in [0.2, 0.25) is 0 Å². The number of carboxylic acid groups (broad SMARTS) is 1. The first-order chi connectivity index (χ1) is 11.6. The molecule has 0 fully saturated rings. The van der Waals surface area contributed by atoms with Crippen molar-refractivity contribution in [3.63, 3.8) is 0 Å². The van der Waals surface area contributed by atoms with E-state index in [2.05, 4.69) is 32.0 Å². The summed E-state index contributed by atoms with van der Waals surface area (Å²) in [4.78, 5) is 10.5. The lowest BCUT2D eigenvalue weighted by Gasteiger charge is -2.11. The topological polar surface area (TPSA) is 46.5 Å². The van der Waals surface area contributed by atoms with Crippen LogP contribution >= 0.6 is 0 Å². The van der Waals surface area contributed by atoms with E-state index in [-0.39, 0.29) is 6.42 Å². The SMILES string of the molecule is Cc1cccc(C)c1COc1cccc(C=CCCCC(=O)O)c1. The van der Waals surface area contributed by atoms with E-state index >= 15 is 0 Å². The number of hydrogen-bond acceptors (Lipinski definition) is 2. The summed E-state index contributed by atoms with van der Waals surface area (Å²) in [5.74, 6) is 0.0932. The molecule has 126 valence electrons. The summed E-state index contributed by atoms with van der Waals surface area (Å²) in [5, 5.41) is 8.62. The maximum absolute atomic E-state index is 10.5. The zero-order valence-corrected chi connectivity index (χ0v) is 14.3. The van der Waals surface area contributed by atoms with Gasteiger partial charge in [0.05, 0.1) is 0 Å². The van der Waals surface area contributed by atoms with Crippen molar-refractivity contribution in [2.24, 2.45) is 0 Å². The van der Waals surface area contributed by atoms with Crippen LogP contribution in [0.3, 0.4) is 0 Å². The predicted octanol–water partition coefficient (Wildman–Crippen LogP) is 5.15. The van der Waals surface area contributed by atoms with E-state index in [9.17, 15) is 4.79 Å². The lowest BCUT2D eigenvalue weighted by atomic mass is 10.0. The molecule has 0 aliphatic heterocycles. The maximum atomic E-state index is 10.5. The molecule has 24 heavy (non-hydrogen) atoms. The second kappa shape index (κ2) is 8.92. The van der Waals surface area contributed by atoms with Crippen molar-refractivity contribution >= 4 is 12.0 Å². The van der Waals surface area contributed by atoms with Crippen LogP contribution in [0.25, 0.3) is 6.08 Å². The summed E-state index contributed by atoms with van der Waals surface area (Å²) >= 11 is 0.